The fourth-order valence-electron chi connectivity index (χ4n) is 4.92. The third-order valence-corrected chi connectivity index (χ3v) is 8.26. The number of rotatable bonds is 4. The van der Waals surface area contributed by atoms with Crippen molar-refractivity contribution in [3.63, 3.8) is 0 Å². The Balaban J connectivity index is 1.72. The highest BCUT2D eigenvalue weighted by atomic mass is 32.2. The first-order valence-electron chi connectivity index (χ1n) is 11.6. The first-order valence-corrected chi connectivity index (χ1v) is 13.1. The van der Waals surface area contributed by atoms with Gasteiger partial charge < -0.3 is 10.2 Å². The Hall–Kier alpha value is -2.13. The zero-order valence-corrected chi connectivity index (χ0v) is 20.1. The van der Waals surface area contributed by atoms with Crippen LogP contribution in [-0.2, 0) is 19.6 Å². The van der Waals surface area contributed by atoms with Gasteiger partial charge in [0.2, 0.25) is 21.8 Å². The maximum Gasteiger partial charge on any atom is 0.250 e. The van der Waals surface area contributed by atoms with E-state index < -0.39 is 15.6 Å². The topological polar surface area (TPSA) is 90.0 Å². The van der Waals surface area contributed by atoms with Crippen molar-refractivity contribution in [1.82, 2.24) is 9.62 Å². The first-order chi connectivity index (χ1) is 15.1. The van der Waals surface area contributed by atoms with Gasteiger partial charge in [0.15, 0.2) is 0 Å². The van der Waals surface area contributed by atoms with Crippen molar-refractivity contribution in [2.45, 2.75) is 75.8 Å². The fraction of sp³-hybridized carbons (Fsp3) is 0.652. The molecule has 8 nitrogen and oxygen atoms in total. The van der Waals surface area contributed by atoms with Crippen molar-refractivity contribution in [2.75, 3.05) is 36.0 Å². The van der Waals surface area contributed by atoms with E-state index in [0.29, 0.717) is 18.8 Å². The van der Waals surface area contributed by atoms with Gasteiger partial charge in [-0.05, 0) is 71.1 Å². The van der Waals surface area contributed by atoms with E-state index >= 15 is 0 Å². The summed E-state index contributed by atoms with van der Waals surface area (Å²) in [5, 5.41) is 2.91. The summed E-state index contributed by atoms with van der Waals surface area (Å²) in [5.74, 6) is -0.390. The number of piperidine rings is 2. The van der Waals surface area contributed by atoms with Gasteiger partial charge in [-0.3, -0.25) is 14.5 Å². The molecule has 1 atom stereocenters. The molecule has 2 saturated heterocycles. The largest absolute Gasteiger partial charge is 0.358 e. The molecule has 0 saturated carbocycles. The number of fused-ring (bicyclic) bond motifs is 3. The van der Waals surface area contributed by atoms with Gasteiger partial charge in [0.25, 0.3) is 0 Å². The van der Waals surface area contributed by atoms with Crippen LogP contribution in [0.5, 0.6) is 0 Å². The average molecular weight is 463 g/mol. The second kappa shape index (κ2) is 8.67. The molecule has 32 heavy (non-hydrogen) atoms. The highest BCUT2D eigenvalue weighted by Gasteiger charge is 2.41. The van der Waals surface area contributed by atoms with Crippen molar-refractivity contribution < 1.29 is 18.0 Å². The summed E-state index contributed by atoms with van der Waals surface area (Å²) in [6.45, 7) is 7.34. The van der Waals surface area contributed by atoms with Crippen LogP contribution in [0.1, 0.15) is 59.3 Å². The molecular weight excluding hydrogens is 428 g/mol. The molecule has 2 fully saturated rings. The smallest absolute Gasteiger partial charge is 0.250 e. The highest BCUT2D eigenvalue weighted by Crippen LogP contribution is 2.41. The molecule has 0 aromatic heterocycles. The van der Waals surface area contributed by atoms with Gasteiger partial charge in [0.1, 0.15) is 12.6 Å². The molecule has 3 aliphatic rings. The standard InChI is InChI=1S/C23H34N4O4S/c1-23(2,3)24-21(28)16-27-20-15-17(32(30,31)25-12-6-4-7-13-25)10-11-18(20)26-14-8-5-9-19(26)22(27)29/h10-11,15,19H,4-9,12-14,16H2,1-3H3,(H,24,28)/t19-/m1/s1. The van der Waals surface area contributed by atoms with Gasteiger partial charge in [-0.2, -0.15) is 4.31 Å². The van der Waals surface area contributed by atoms with E-state index in [2.05, 4.69) is 10.2 Å². The molecule has 0 radical (unpaired) electrons. The van der Waals surface area contributed by atoms with Crippen LogP contribution in [0.2, 0.25) is 0 Å². The molecule has 0 spiro atoms. The lowest BCUT2D eigenvalue weighted by Gasteiger charge is -2.45. The molecule has 0 aliphatic carbocycles. The minimum absolute atomic E-state index is 0.124. The third kappa shape index (κ3) is 4.50. The lowest BCUT2D eigenvalue weighted by Crippen LogP contribution is -2.58. The number of nitrogens with zero attached hydrogens (tertiary/aromatic N) is 3. The van der Waals surface area contributed by atoms with Crippen LogP contribution in [0.25, 0.3) is 0 Å². The van der Waals surface area contributed by atoms with E-state index in [1.54, 1.807) is 12.1 Å². The molecule has 176 valence electrons. The number of carbonyl (C=O) groups is 2. The van der Waals surface area contributed by atoms with Gasteiger partial charge in [-0.1, -0.05) is 6.42 Å². The van der Waals surface area contributed by atoms with Crippen molar-refractivity contribution in [3.05, 3.63) is 18.2 Å². The van der Waals surface area contributed by atoms with Crippen molar-refractivity contribution in [1.29, 1.82) is 0 Å². The molecule has 1 aromatic carbocycles. The predicted octanol–water partition coefficient (Wildman–Crippen LogP) is 2.48. The summed E-state index contributed by atoms with van der Waals surface area (Å²) >= 11 is 0. The lowest BCUT2D eigenvalue weighted by molar-refractivity contribution is -0.125. The molecule has 4 rings (SSSR count). The van der Waals surface area contributed by atoms with Crippen LogP contribution in [0.3, 0.4) is 0 Å². The third-order valence-electron chi connectivity index (χ3n) is 6.37. The molecule has 0 bridgehead atoms. The van der Waals surface area contributed by atoms with Crippen LogP contribution in [0.4, 0.5) is 11.4 Å². The van der Waals surface area contributed by atoms with Crippen LogP contribution in [0.15, 0.2) is 23.1 Å². The number of carbonyl (C=O) groups excluding carboxylic acids is 2. The molecule has 0 unspecified atom stereocenters. The molecular formula is C23H34N4O4S. The zero-order valence-electron chi connectivity index (χ0n) is 19.3. The van der Waals surface area contributed by atoms with Crippen molar-refractivity contribution in [3.8, 4) is 0 Å². The van der Waals surface area contributed by atoms with E-state index in [-0.39, 0.29) is 29.3 Å². The monoisotopic (exact) mass is 462 g/mol. The van der Waals surface area contributed by atoms with Crippen molar-refractivity contribution >= 4 is 33.2 Å². The van der Waals surface area contributed by atoms with E-state index in [4.69, 9.17) is 0 Å². The maximum absolute atomic E-state index is 13.4. The van der Waals surface area contributed by atoms with E-state index in [0.717, 1.165) is 50.8 Å². The number of nitrogens with one attached hydrogen (secondary N) is 1. The lowest BCUT2D eigenvalue weighted by atomic mass is 9.96. The Morgan fingerprint density at radius 2 is 1.72 bits per heavy atom. The van der Waals surface area contributed by atoms with Gasteiger partial charge in [0, 0.05) is 25.2 Å². The number of hydrogen-bond donors (Lipinski definition) is 1. The molecule has 1 aromatic rings. The summed E-state index contributed by atoms with van der Waals surface area (Å²) in [6, 6.07) is 4.75. The Kier molecular flexibility index (Phi) is 6.24. The molecule has 3 aliphatic heterocycles. The number of anilines is 2. The number of hydrogen-bond acceptors (Lipinski definition) is 5. The quantitative estimate of drug-likeness (QED) is 0.743. The van der Waals surface area contributed by atoms with Crippen molar-refractivity contribution in [2.24, 2.45) is 0 Å². The Bertz CT molecular complexity index is 996. The Labute approximate surface area is 191 Å². The van der Waals surface area contributed by atoms with Gasteiger partial charge in [-0.25, -0.2) is 8.42 Å². The maximum atomic E-state index is 13.4. The van der Waals surface area contributed by atoms with Crippen LogP contribution >= 0.6 is 0 Å². The summed E-state index contributed by atoms with van der Waals surface area (Å²) in [7, 11) is -3.65. The number of sulfonamides is 1. The van der Waals surface area contributed by atoms with E-state index in [9.17, 15) is 18.0 Å². The van der Waals surface area contributed by atoms with Gasteiger partial charge in [-0.15, -0.1) is 0 Å². The summed E-state index contributed by atoms with van der Waals surface area (Å²) in [6.07, 6.45) is 5.45. The second-order valence-corrected chi connectivity index (χ2v) is 12.0. The first kappa shape index (κ1) is 23.0. The molecule has 9 heteroatoms. The number of amides is 2. The van der Waals surface area contributed by atoms with Crippen LogP contribution in [-0.4, -0.2) is 62.3 Å². The summed E-state index contributed by atoms with van der Waals surface area (Å²) in [5.41, 5.74) is 0.917. The zero-order chi connectivity index (χ0) is 23.1. The van der Waals surface area contributed by atoms with Crippen LogP contribution in [0, 0.1) is 0 Å². The van der Waals surface area contributed by atoms with E-state index in [1.807, 2.05) is 26.8 Å². The second-order valence-electron chi connectivity index (χ2n) is 10.0. The summed E-state index contributed by atoms with van der Waals surface area (Å²) in [4.78, 5) is 29.9. The predicted molar refractivity (Wildman–Crippen MR) is 124 cm³/mol. The van der Waals surface area contributed by atoms with Gasteiger partial charge >= 0.3 is 0 Å². The Morgan fingerprint density at radius 1 is 1.03 bits per heavy atom. The summed E-state index contributed by atoms with van der Waals surface area (Å²) < 4.78 is 28.1. The van der Waals surface area contributed by atoms with Gasteiger partial charge in [0.05, 0.1) is 16.3 Å². The minimum atomic E-state index is -3.65. The number of benzene rings is 1. The molecule has 1 N–H and O–H groups in total. The highest BCUT2D eigenvalue weighted by molar-refractivity contribution is 7.89. The average Bonchev–Trinajstić information content (AvgIpc) is 2.75. The SMILES string of the molecule is CC(C)(C)NC(=O)CN1C(=O)[C@H]2CCCCN2c2ccc(S(=O)(=O)N3CCCCC3)cc21. The molecule has 3 heterocycles. The van der Waals surface area contributed by atoms with E-state index in [1.165, 1.54) is 9.21 Å². The molecule has 2 amide bonds. The Morgan fingerprint density at radius 3 is 2.41 bits per heavy atom. The normalized spacial score (nSPS) is 22.3. The fourth-order valence-corrected chi connectivity index (χ4v) is 6.45. The minimum Gasteiger partial charge on any atom is -0.358 e. The van der Waals surface area contributed by atoms with Crippen LogP contribution < -0.4 is 15.1 Å².